The predicted molar refractivity (Wildman–Crippen MR) is 96.1 cm³/mol. The number of para-hydroxylation sites is 2. The van der Waals surface area contributed by atoms with E-state index in [0.717, 1.165) is 17.1 Å². The highest BCUT2D eigenvalue weighted by Gasteiger charge is 2.28. The number of rotatable bonds is 4. The summed E-state index contributed by atoms with van der Waals surface area (Å²) in [6.45, 7) is 0. The maximum atomic E-state index is 12.4. The quantitative estimate of drug-likeness (QED) is 0.770. The van der Waals surface area contributed by atoms with Crippen molar-refractivity contribution in [2.75, 3.05) is 5.32 Å². The summed E-state index contributed by atoms with van der Waals surface area (Å²) in [6.07, 6.45) is 0.106. The summed E-state index contributed by atoms with van der Waals surface area (Å²) in [7, 11) is 0. The van der Waals surface area contributed by atoms with Gasteiger partial charge in [0.15, 0.2) is 6.10 Å². The minimum Gasteiger partial charge on any atom is -0.480 e. The molecule has 1 N–H and O–H groups in total. The van der Waals surface area contributed by atoms with Gasteiger partial charge in [0.1, 0.15) is 17.2 Å². The van der Waals surface area contributed by atoms with E-state index in [2.05, 4.69) is 5.32 Å². The second kappa shape index (κ2) is 6.69. The highest BCUT2D eigenvalue weighted by molar-refractivity contribution is 5.95. The van der Waals surface area contributed by atoms with Crippen LogP contribution in [0.3, 0.4) is 0 Å². The Balaban J connectivity index is 1.38. The smallest absolute Gasteiger partial charge is 0.265 e. The van der Waals surface area contributed by atoms with Gasteiger partial charge in [-0.2, -0.15) is 0 Å². The standard InChI is InChI=1S/C21H17NO3/c23-21(20-14-15-6-4-5-9-19(15)25-20)22-16-10-12-18(13-11-16)24-17-7-2-1-3-8-17/h1-13,20H,14H2,(H,22,23). The van der Waals surface area contributed by atoms with E-state index in [-0.39, 0.29) is 5.91 Å². The topological polar surface area (TPSA) is 47.6 Å². The number of amides is 1. The van der Waals surface area contributed by atoms with E-state index >= 15 is 0 Å². The molecule has 1 amide bonds. The molecule has 1 aliphatic heterocycles. The molecule has 0 aromatic heterocycles. The average Bonchev–Trinajstić information content (AvgIpc) is 3.09. The Hall–Kier alpha value is -3.27. The highest BCUT2D eigenvalue weighted by Crippen LogP contribution is 2.29. The van der Waals surface area contributed by atoms with Crippen LogP contribution in [-0.4, -0.2) is 12.0 Å². The highest BCUT2D eigenvalue weighted by atomic mass is 16.5. The number of fused-ring (bicyclic) bond motifs is 1. The molecule has 1 unspecified atom stereocenters. The van der Waals surface area contributed by atoms with Crippen LogP contribution in [0.2, 0.25) is 0 Å². The zero-order chi connectivity index (χ0) is 17.1. The Morgan fingerprint density at radius 2 is 1.56 bits per heavy atom. The molecule has 4 nitrogen and oxygen atoms in total. The van der Waals surface area contributed by atoms with Gasteiger partial charge < -0.3 is 14.8 Å². The molecule has 0 bridgehead atoms. The van der Waals surface area contributed by atoms with Crippen molar-refractivity contribution in [2.45, 2.75) is 12.5 Å². The van der Waals surface area contributed by atoms with Crippen LogP contribution in [0, 0.1) is 0 Å². The summed E-state index contributed by atoms with van der Waals surface area (Å²) in [5, 5.41) is 2.89. The number of carbonyl (C=O) groups is 1. The van der Waals surface area contributed by atoms with Crippen molar-refractivity contribution >= 4 is 11.6 Å². The van der Waals surface area contributed by atoms with Gasteiger partial charge in [-0.05, 0) is 48.0 Å². The molecule has 4 rings (SSSR count). The van der Waals surface area contributed by atoms with Gasteiger partial charge >= 0.3 is 0 Å². The van der Waals surface area contributed by atoms with Gasteiger partial charge in [-0.1, -0.05) is 36.4 Å². The number of hydrogen-bond acceptors (Lipinski definition) is 3. The second-order valence-electron chi connectivity index (χ2n) is 5.85. The molecule has 0 radical (unpaired) electrons. The van der Waals surface area contributed by atoms with E-state index in [4.69, 9.17) is 9.47 Å². The number of ether oxygens (including phenoxy) is 2. The fourth-order valence-electron chi connectivity index (χ4n) is 2.78. The molecule has 0 fully saturated rings. The van der Waals surface area contributed by atoms with E-state index < -0.39 is 6.10 Å². The van der Waals surface area contributed by atoms with Crippen LogP contribution < -0.4 is 14.8 Å². The molecule has 3 aromatic carbocycles. The van der Waals surface area contributed by atoms with Crippen molar-refractivity contribution in [3.63, 3.8) is 0 Å². The van der Waals surface area contributed by atoms with Gasteiger partial charge in [0.2, 0.25) is 0 Å². The van der Waals surface area contributed by atoms with Crippen molar-refractivity contribution < 1.29 is 14.3 Å². The summed E-state index contributed by atoms with van der Waals surface area (Å²) in [6, 6.07) is 24.6. The third-order valence-electron chi connectivity index (χ3n) is 4.04. The van der Waals surface area contributed by atoms with Crippen LogP contribution in [0.5, 0.6) is 17.2 Å². The summed E-state index contributed by atoms with van der Waals surface area (Å²) in [5.41, 5.74) is 1.78. The molecular weight excluding hydrogens is 314 g/mol. The maximum absolute atomic E-state index is 12.4. The molecule has 25 heavy (non-hydrogen) atoms. The Morgan fingerprint density at radius 3 is 2.32 bits per heavy atom. The maximum Gasteiger partial charge on any atom is 0.265 e. The number of hydrogen-bond donors (Lipinski definition) is 1. The van der Waals surface area contributed by atoms with Crippen LogP contribution in [0.15, 0.2) is 78.9 Å². The Labute approximate surface area is 146 Å². The zero-order valence-corrected chi connectivity index (χ0v) is 13.5. The van der Waals surface area contributed by atoms with E-state index in [0.29, 0.717) is 17.9 Å². The predicted octanol–water partition coefficient (Wildman–Crippen LogP) is 4.42. The lowest BCUT2D eigenvalue weighted by Crippen LogP contribution is -2.31. The fraction of sp³-hybridized carbons (Fsp3) is 0.0952. The normalized spacial score (nSPS) is 15.1. The lowest BCUT2D eigenvalue weighted by atomic mass is 10.1. The lowest BCUT2D eigenvalue weighted by Gasteiger charge is -2.12. The van der Waals surface area contributed by atoms with Crippen molar-refractivity contribution in [3.05, 3.63) is 84.4 Å². The first kappa shape index (κ1) is 15.3. The van der Waals surface area contributed by atoms with Gasteiger partial charge in [0, 0.05) is 12.1 Å². The minimum atomic E-state index is -0.488. The third kappa shape index (κ3) is 3.48. The number of carbonyl (C=O) groups excluding carboxylic acids is 1. The molecule has 0 saturated heterocycles. The molecule has 124 valence electrons. The number of nitrogens with one attached hydrogen (secondary N) is 1. The lowest BCUT2D eigenvalue weighted by molar-refractivity contribution is -0.122. The van der Waals surface area contributed by atoms with E-state index in [1.165, 1.54) is 0 Å². The van der Waals surface area contributed by atoms with Crippen molar-refractivity contribution in [3.8, 4) is 17.2 Å². The Morgan fingerprint density at radius 1 is 0.880 bits per heavy atom. The first-order chi connectivity index (χ1) is 12.3. The van der Waals surface area contributed by atoms with Crippen molar-refractivity contribution in [1.82, 2.24) is 0 Å². The molecule has 0 aliphatic carbocycles. The van der Waals surface area contributed by atoms with E-state index in [1.807, 2.05) is 78.9 Å². The molecule has 1 heterocycles. The van der Waals surface area contributed by atoms with Crippen LogP contribution >= 0.6 is 0 Å². The largest absolute Gasteiger partial charge is 0.480 e. The molecule has 0 saturated carbocycles. The van der Waals surface area contributed by atoms with Crippen LogP contribution in [-0.2, 0) is 11.2 Å². The monoisotopic (exact) mass is 331 g/mol. The minimum absolute atomic E-state index is 0.145. The van der Waals surface area contributed by atoms with E-state index in [1.54, 1.807) is 0 Å². The van der Waals surface area contributed by atoms with Crippen LogP contribution in [0.25, 0.3) is 0 Å². The second-order valence-corrected chi connectivity index (χ2v) is 5.85. The number of benzene rings is 3. The Kier molecular flexibility index (Phi) is 4.09. The molecule has 1 atom stereocenters. The summed E-state index contributed by atoms with van der Waals surface area (Å²) in [5.74, 6) is 2.13. The summed E-state index contributed by atoms with van der Waals surface area (Å²) < 4.78 is 11.4. The first-order valence-electron chi connectivity index (χ1n) is 8.16. The zero-order valence-electron chi connectivity index (χ0n) is 13.5. The molecule has 0 spiro atoms. The molecule has 4 heteroatoms. The molecule has 1 aliphatic rings. The van der Waals surface area contributed by atoms with Crippen LogP contribution in [0.4, 0.5) is 5.69 Å². The molecular formula is C21H17NO3. The average molecular weight is 331 g/mol. The van der Waals surface area contributed by atoms with Gasteiger partial charge in [0.05, 0.1) is 0 Å². The van der Waals surface area contributed by atoms with Crippen LogP contribution in [0.1, 0.15) is 5.56 Å². The Bertz CT molecular complexity index is 850. The van der Waals surface area contributed by atoms with Crippen molar-refractivity contribution in [2.24, 2.45) is 0 Å². The SMILES string of the molecule is O=C(Nc1ccc(Oc2ccccc2)cc1)C1Cc2ccccc2O1. The first-order valence-corrected chi connectivity index (χ1v) is 8.16. The van der Waals surface area contributed by atoms with Gasteiger partial charge in [-0.3, -0.25) is 4.79 Å². The fourth-order valence-corrected chi connectivity index (χ4v) is 2.78. The number of anilines is 1. The molecule has 3 aromatic rings. The summed E-state index contributed by atoms with van der Waals surface area (Å²) >= 11 is 0. The third-order valence-corrected chi connectivity index (χ3v) is 4.04. The van der Waals surface area contributed by atoms with E-state index in [9.17, 15) is 4.79 Å². The van der Waals surface area contributed by atoms with Gasteiger partial charge in [0.25, 0.3) is 5.91 Å². The summed E-state index contributed by atoms with van der Waals surface area (Å²) in [4.78, 5) is 12.4. The van der Waals surface area contributed by atoms with Gasteiger partial charge in [-0.25, -0.2) is 0 Å². The van der Waals surface area contributed by atoms with Crippen molar-refractivity contribution in [1.29, 1.82) is 0 Å². The van der Waals surface area contributed by atoms with Gasteiger partial charge in [-0.15, -0.1) is 0 Å².